The van der Waals surface area contributed by atoms with E-state index in [0.29, 0.717) is 18.2 Å². The van der Waals surface area contributed by atoms with Gasteiger partial charge in [0.2, 0.25) is 5.91 Å². The van der Waals surface area contributed by atoms with Crippen molar-refractivity contribution in [3.63, 3.8) is 0 Å². The van der Waals surface area contributed by atoms with E-state index in [1.165, 1.54) is 0 Å². The first-order valence-electron chi connectivity index (χ1n) is 4.91. The molecule has 0 saturated heterocycles. The largest absolute Gasteiger partial charge is 0.345 e. The van der Waals surface area contributed by atoms with Gasteiger partial charge in [0.25, 0.3) is 0 Å². The lowest BCUT2D eigenvalue weighted by Crippen LogP contribution is -2.30. The summed E-state index contributed by atoms with van der Waals surface area (Å²) in [7, 11) is 1.86. The zero-order chi connectivity index (χ0) is 10.3. The standard InChI is InChI=1S/C10H20ClNO/c1-4-9(2)8-12(3)10(13)6-5-7-11/h9H,4-8H2,1-3H3. The third-order valence-electron chi connectivity index (χ3n) is 2.23. The van der Waals surface area contributed by atoms with Gasteiger partial charge >= 0.3 is 0 Å². The summed E-state index contributed by atoms with van der Waals surface area (Å²) in [6.07, 6.45) is 2.48. The number of alkyl halides is 1. The Kier molecular flexibility index (Phi) is 7.06. The maximum absolute atomic E-state index is 11.4. The van der Waals surface area contributed by atoms with Crippen LogP contribution in [0.3, 0.4) is 0 Å². The molecule has 13 heavy (non-hydrogen) atoms. The number of rotatable bonds is 6. The quantitative estimate of drug-likeness (QED) is 0.611. The van der Waals surface area contributed by atoms with Crippen LogP contribution in [-0.2, 0) is 4.79 Å². The number of hydrogen-bond donors (Lipinski definition) is 0. The molecule has 2 nitrogen and oxygen atoms in total. The lowest BCUT2D eigenvalue weighted by Gasteiger charge is -2.20. The molecule has 0 aromatic rings. The Morgan fingerprint density at radius 1 is 1.54 bits per heavy atom. The van der Waals surface area contributed by atoms with Crippen LogP contribution in [0.25, 0.3) is 0 Å². The van der Waals surface area contributed by atoms with Crippen LogP contribution in [0.4, 0.5) is 0 Å². The Morgan fingerprint density at radius 2 is 2.15 bits per heavy atom. The van der Waals surface area contributed by atoms with Crippen molar-refractivity contribution in [2.45, 2.75) is 33.1 Å². The monoisotopic (exact) mass is 205 g/mol. The molecule has 0 heterocycles. The molecule has 1 amide bonds. The van der Waals surface area contributed by atoms with E-state index in [-0.39, 0.29) is 5.91 Å². The minimum absolute atomic E-state index is 0.209. The van der Waals surface area contributed by atoms with Crippen LogP contribution in [0.1, 0.15) is 33.1 Å². The third kappa shape index (κ3) is 5.92. The predicted octanol–water partition coefficient (Wildman–Crippen LogP) is 2.51. The fourth-order valence-corrected chi connectivity index (χ4v) is 1.24. The lowest BCUT2D eigenvalue weighted by atomic mass is 10.1. The maximum atomic E-state index is 11.4. The summed E-state index contributed by atoms with van der Waals surface area (Å²) < 4.78 is 0. The average Bonchev–Trinajstić information content (AvgIpc) is 2.13. The van der Waals surface area contributed by atoms with Crippen molar-refractivity contribution in [2.24, 2.45) is 5.92 Å². The number of hydrogen-bond acceptors (Lipinski definition) is 1. The van der Waals surface area contributed by atoms with Crippen LogP contribution in [0.15, 0.2) is 0 Å². The van der Waals surface area contributed by atoms with Crippen molar-refractivity contribution in [1.29, 1.82) is 0 Å². The summed E-state index contributed by atoms with van der Waals surface area (Å²) in [6, 6.07) is 0. The van der Waals surface area contributed by atoms with E-state index < -0.39 is 0 Å². The van der Waals surface area contributed by atoms with Gasteiger partial charge in [0.05, 0.1) is 0 Å². The molecule has 78 valence electrons. The molecular weight excluding hydrogens is 186 g/mol. The highest BCUT2D eigenvalue weighted by Gasteiger charge is 2.10. The molecule has 0 aromatic carbocycles. The van der Waals surface area contributed by atoms with E-state index in [1.54, 1.807) is 4.90 Å². The van der Waals surface area contributed by atoms with Crippen LogP contribution in [-0.4, -0.2) is 30.3 Å². The van der Waals surface area contributed by atoms with Crippen LogP contribution >= 0.6 is 11.6 Å². The average molecular weight is 206 g/mol. The fraction of sp³-hybridized carbons (Fsp3) is 0.900. The fourth-order valence-electron chi connectivity index (χ4n) is 1.11. The number of carbonyl (C=O) groups is 1. The minimum atomic E-state index is 0.209. The second kappa shape index (κ2) is 7.19. The number of nitrogens with zero attached hydrogens (tertiary/aromatic N) is 1. The molecule has 0 fully saturated rings. The Morgan fingerprint density at radius 3 is 2.62 bits per heavy atom. The van der Waals surface area contributed by atoms with Gasteiger partial charge in [-0.3, -0.25) is 4.79 Å². The molecule has 0 aromatic heterocycles. The molecule has 0 aliphatic heterocycles. The number of carbonyl (C=O) groups excluding carboxylic acids is 1. The van der Waals surface area contributed by atoms with Crippen molar-refractivity contribution < 1.29 is 4.79 Å². The van der Waals surface area contributed by atoms with Crippen LogP contribution < -0.4 is 0 Å². The lowest BCUT2D eigenvalue weighted by molar-refractivity contribution is -0.130. The van der Waals surface area contributed by atoms with Crippen LogP contribution in [0, 0.1) is 5.92 Å². The molecule has 0 N–H and O–H groups in total. The molecule has 1 atom stereocenters. The first kappa shape index (κ1) is 12.8. The van der Waals surface area contributed by atoms with Crippen molar-refractivity contribution in [1.82, 2.24) is 4.90 Å². The Hall–Kier alpha value is -0.240. The van der Waals surface area contributed by atoms with Gasteiger partial charge in [-0.25, -0.2) is 0 Å². The molecule has 0 aliphatic rings. The molecule has 0 rings (SSSR count). The minimum Gasteiger partial charge on any atom is -0.345 e. The second-order valence-electron chi connectivity index (χ2n) is 3.58. The molecular formula is C10H20ClNO. The van der Waals surface area contributed by atoms with Gasteiger partial charge in [-0.2, -0.15) is 0 Å². The molecule has 0 radical (unpaired) electrons. The van der Waals surface area contributed by atoms with Crippen LogP contribution in [0.5, 0.6) is 0 Å². The van der Waals surface area contributed by atoms with Crippen molar-refractivity contribution in [2.75, 3.05) is 19.5 Å². The highest BCUT2D eigenvalue weighted by atomic mass is 35.5. The normalized spacial score (nSPS) is 12.6. The number of halogens is 1. The molecule has 1 unspecified atom stereocenters. The van der Waals surface area contributed by atoms with Gasteiger partial charge in [-0.05, 0) is 12.3 Å². The summed E-state index contributed by atoms with van der Waals surface area (Å²) in [5, 5.41) is 0. The van der Waals surface area contributed by atoms with E-state index >= 15 is 0 Å². The molecule has 0 aliphatic carbocycles. The SMILES string of the molecule is CCC(C)CN(C)C(=O)CCCCl. The molecule has 3 heteroatoms. The van der Waals surface area contributed by atoms with E-state index in [2.05, 4.69) is 13.8 Å². The van der Waals surface area contributed by atoms with Gasteiger partial charge in [0, 0.05) is 25.9 Å². The Bertz CT molecular complexity index is 150. The molecule has 0 saturated carbocycles. The highest BCUT2D eigenvalue weighted by molar-refractivity contribution is 6.17. The van der Waals surface area contributed by atoms with Gasteiger partial charge in [-0.15, -0.1) is 11.6 Å². The summed E-state index contributed by atoms with van der Waals surface area (Å²) in [6.45, 7) is 5.16. The second-order valence-corrected chi connectivity index (χ2v) is 3.96. The number of amides is 1. The Balaban J connectivity index is 3.68. The van der Waals surface area contributed by atoms with Gasteiger partial charge in [-0.1, -0.05) is 20.3 Å². The zero-order valence-electron chi connectivity index (χ0n) is 8.85. The highest BCUT2D eigenvalue weighted by Crippen LogP contribution is 2.05. The van der Waals surface area contributed by atoms with Crippen LogP contribution in [0.2, 0.25) is 0 Å². The Labute approximate surface area is 86.2 Å². The van der Waals surface area contributed by atoms with E-state index in [9.17, 15) is 4.79 Å². The summed E-state index contributed by atoms with van der Waals surface area (Å²) in [4.78, 5) is 13.2. The molecule has 0 spiro atoms. The van der Waals surface area contributed by atoms with Gasteiger partial charge < -0.3 is 4.90 Å². The van der Waals surface area contributed by atoms with Crippen molar-refractivity contribution in [3.05, 3.63) is 0 Å². The smallest absolute Gasteiger partial charge is 0.222 e. The summed E-state index contributed by atoms with van der Waals surface area (Å²) in [5.74, 6) is 1.37. The topological polar surface area (TPSA) is 20.3 Å². The van der Waals surface area contributed by atoms with E-state index in [1.807, 2.05) is 7.05 Å². The first-order valence-corrected chi connectivity index (χ1v) is 5.45. The maximum Gasteiger partial charge on any atom is 0.222 e. The zero-order valence-corrected chi connectivity index (χ0v) is 9.60. The van der Waals surface area contributed by atoms with Gasteiger partial charge in [0.1, 0.15) is 0 Å². The summed E-state index contributed by atoms with van der Waals surface area (Å²) in [5.41, 5.74) is 0. The van der Waals surface area contributed by atoms with Crippen molar-refractivity contribution >= 4 is 17.5 Å². The molecule has 0 bridgehead atoms. The first-order chi connectivity index (χ1) is 6.11. The third-order valence-corrected chi connectivity index (χ3v) is 2.50. The van der Waals surface area contributed by atoms with Crippen molar-refractivity contribution in [3.8, 4) is 0 Å². The summed E-state index contributed by atoms with van der Waals surface area (Å²) >= 11 is 5.51. The van der Waals surface area contributed by atoms with E-state index in [0.717, 1.165) is 19.4 Å². The van der Waals surface area contributed by atoms with Gasteiger partial charge in [0.15, 0.2) is 0 Å². The van der Waals surface area contributed by atoms with E-state index in [4.69, 9.17) is 11.6 Å². The predicted molar refractivity (Wildman–Crippen MR) is 57.0 cm³/mol.